The fraction of sp³-hybridized carbons (Fsp3) is 0.667. The molecular formula is C15H24ClN3. The van der Waals surface area contributed by atoms with Gasteiger partial charge in [0.05, 0.1) is 10.7 Å². The third-order valence-corrected chi connectivity index (χ3v) is 3.91. The molecule has 1 aromatic rings. The monoisotopic (exact) mass is 281 g/mol. The molecule has 0 radical (unpaired) electrons. The number of pyridine rings is 1. The molecule has 2 heterocycles. The summed E-state index contributed by atoms with van der Waals surface area (Å²) in [7, 11) is 0. The Bertz CT molecular complexity index is 395. The van der Waals surface area contributed by atoms with E-state index in [9.17, 15) is 0 Å². The van der Waals surface area contributed by atoms with Gasteiger partial charge in [0.15, 0.2) is 0 Å². The number of nitrogens with one attached hydrogen (secondary N) is 1. The zero-order valence-electron chi connectivity index (χ0n) is 11.9. The first-order valence-electron chi connectivity index (χ1n) is 7.25. The van der Waals surface area contributed by atoms with E-state index in [4.69, 9.17) is 11.6 Å². The van der Waals surface area contributed by atoms with E-state index < -0.39 is 0 Å². The number of hydrogen-bond acceptors (Lipinski definition) is 3. The topological polar surface area (TPSA) is 28.2 Å². The molecule has 1 unspecified atom stereocenters. The number of anilines is 1. The van der Waals surface area contributed by atoms with Crippen LogP contribution in [0.4, 0.5) is 5.69 Å². The van der Waals surface area contributed by atoms with E-state index in [1.807, 2.05) is 12.3 Å². The lowest BCUT2D eigenvalue weighted by molar-refractivity contribution is 0.423. The Morgan fingerprint density at radius 1 is 1.47 bits per heavy atom. The number of aromatic nitrogens is 1. The predicted octanol–water partition coefficient (Wildman–Crippen LogP) is 3.34. The highest BCUT2D eigenvalue weighted by Crippen LogP contribution is 2.30. The van der Waals surface area contributed by atoms with Crippen LogP contribution in [0.1, 0.15) is 33.1 Å². The van der Waals surface area contributed by atoms with Gasteiger partial charge in [0.25, 0.3) is 0 Å². The summed E-state index contributed by atoms with van der Waals surface area (Å²) >= 11 is 6.28. The maximum absolute atomic E-state index is 6.28. The first kappa shape index (κ1) is 14.6. The van der Waals surface area contributed by atoms with Gasteiger partial charge in [-0.25, -0.2) is 0 Å². The van der Waals surface area contributed by atoms with Gasteiger partial charge in [-0.05, 0) is 37.8 Å². The van der Waals surface area contributed by atoms with Gasteiger partial charge in [0, 0.05) is 31.5 Å². The Morgan fingerprint density at radius 3 is 3.05 bits per heavy atom. The fourth-order valence-electron chi connectivity index (χ4n) is 2.67. The van der Waals surface area contributed by atoms with Crippen molar-refractivity contribution in [1.29, 1.82) is 0 Å². The van der Waals surface area contributed by atoms with Crippen LogP contribution in [0.25, 0.3) is 0 Å². The summed E-state index contributed by atoms with van der Waals surface area (Å²) in [6.45, 7) is 7.69. The Labute approximate surface area is 121 Å². The second kappa shape index (κ2) is 7.11. The van der Waals surface area contributed by atoms with Crippen LogP contribution in [0.5, 0.6) is 0 Å². The average Bonchev–Trinajstić information content (AvgIpc) is 2.40. The number of rotatable bonds is 5. The van der Waals surface area contributed by atoms with Crippen molar-refractivity contribution in [3.63, 3.8) is 0 Å². The van der Waals surface area contributed by atoms with E-state index in [0.29, 0.717) is 12.0 Å². The third-order valence-electron chi connectivity index (χ3n) is 3.62. The van der Waals surface area contributed by atoms with Crippen molar-refractivity contribution < 1.29 is 0 Å². The highest BCUT2D eigenvalue weighted by atomic mass is 35.5. The van der Waals surface area contributed by atoms with E-state index in [1.165, 1.54) is 19.3 Å². The van der Waals surface area contributed by atoms with Crippen molar-refractivity contribution in [1.82, 2.24) is 10.3 Å². The number of halogens is 1. The molecule has 0 saturated carbocycles. The van der Waals surface area contributed by atoms with Crippen LogP contribution in [0.2, 0.25) is 5.02 Å². The molecule has 106 valence electrons. The molecule has 1 atom stereocenters. The lowest BCUT2D eigenvalue weighted by Gasteiger charge is -2.38. The molecule has 4 heteroatoms. The highest BCUT2D eigenvalue weighted by molar-refractivity contribution is 6.33. The molecule has 3 nitrogen and oxygen atoms in total. The van der Waals surface area contributed by atoms with Crippen LogP contribution in [-0.4, -0.2) is 30.7 Å². The first-order chi connectivity index (χ1) is 9.18. The maximum Gasteiger partial charge on any atom is 0.0822 e. The van der Waals surface area contributed by atoms with Gasteiger partial charge in [-0.3, -0.25) is 4.98 Å². The minimum Gasteiger partial charge on any atom is -0.366 e. The van der Waals surface area contributed by atoms with Crippen LogP contribution in [-0.2, 0) is 0 Å². The summed E-state index contributed by atoms with van der Waals surface area (Å²) in [5, 5.41) is 4.34. The molecule has 0 aliphatic carbocycles. The van der Waals surface area contributed by atoms with E-state index in [2.05, 4.69) is 29.0 Å². The molecule has 0 amide bonds. The normalized spacial score (nSPS) is 20.0. The minimum atomic E-state index is 0.549. The van der Waals surface area contributed by atoms with E-state index in [1.54, 1.807) is 6.20 Å². The molecule has 2 rings (SSSR count). The van der Waals surface area contributed by atoms with Crippen molar-refractivity contribution in [2.24, 2.45) is 5.92 Å². The molecular weight excluding hydrogens is 258 g/mol. The van der Waals surface area contributed by atoms with Crippen molar-refractivity contribution in [3.05, 3.63) is 23.5 Å². The molecule has 1 N–H and O–H groups in total. The lowest BCUT2D eigenvalue weighted by Crippen LogP contribution is -2.46. The van der Waals surface area contributed by atoms with Gasteiger partial charge in [-0.1, -0.05) is 25.4 Å². The molecule has 0 spiro atoms. The smallest absolute Gasteiger partial charge is 0.0822 e. The largest absolute Gasteiger partial charge is 0.366 e. The van der Waals surface area contributed by atoms with Crippen LogP contribution in [0.3, 0.4) is 0 Å². The Hall–Kier alpha value is -0.800. The summed E-state index contributed by atoms with van der Waals surface area (Å²) in [6, 6.07) is 2.58. The second-order valence-corrected chi connectivity index (χ2v) is 6.13. The molecule has 0 aromatic carbocycles. The van der Waals surface area contributed by atoms with Gasteiger partial charge >= 0.3 is 0 Å². The Morgan fingerprint density at radius 2 is 2.32 bits per heavy atom. The lowest BCUT2D eigenvalue weighted by atomic mass is 10.0. The number of hydrogen-bond donors (Lipinski definition) is 1. The van der Waals surface area contributed by atoms with Crippen LogP contribution >= 0.6 is 11.6 Å². The molecule has 1 saturated heterocycles. The quantitative estimate of drug-likeness (QED) is 0.897. The third kappa shape index (κ3) is 4.08. The van der Waals surface area contributed by atoms with Crippen molar-refractivity contribution in [3.8, 4) is 0 Å². The predicted molar refractivity (Wildman–Crippen MR) is 81.9 cm³/mol. The Kier molecular flexibility index (Phi) is 5.46. The zero-order valence-corrected chi connectivity index (χ0v) is 12.7. The number of piperidine rings is 1. The highest BCUT2D eigenvalue weighted by Gasteiger charge is 2.23. The molecule has 1 aliphatic heterocycles. The van der Waals surface area contributed by atoms with Crippen LogP contribution < -0.4 is 10.2 Å². The van der Waals surface area contributed by atoms with Gasteiger partial charge in [-0.2, -0.15) is 0 Å². The minimum absolute atomic E-state index is 0.549. The van der Waals surface area contributed by atoms with Crippen molar-refractivity contribution >= 4 is 17.3 Å². The SMILES string of the molecule is CC(C)CNCC1CCCCN1c1ccncc1Cl. The zero-order chi connectivity index (χ0) is 13.7. The summed E-state index contributed by atoms with van der Waals surface area (Å²) in [6.07, 6.45) is 7.37. The Balaban J connectivity index is 2.02. The van der Waals surface area contributed by atoms with Crippen LogP contribution in [0, 0.1) is 5.92 Å². The fourth-order valence-corrected chi connectivity index (χ4v) is 2.90. The van der Waals surface area contributed by atoms with E-state index >= 15 is 0 Å². The molecule has 0 bridgehead atoms. The summed E-state index contributed by atoms with van der Waals surface area (Å²) in [5.41, 5.74) is 1.13. The standard InChI is InChI=1S/C15H24ClN3/c1-12(2)9-18-10-13-5-3-4-8-19(13)15-6-7-17-11-14(15)16/h6-7,11-13,18H,3-5,8-10H2,1-2H3. The van der Waals surface area contributed by atoms with Crippen molar-refractivity contribution in [2.45, 2.75) is 39.2 Å². The molecule has 1 aliphatic rings. The van der Waals surface area contributed by atoms with E-state index in [-0.39, 0.29) is 0 Å². The second-order valence-electron chi connectivity index (χ2n) is 5.72. The average molecular weight is 282 g/mol. The van der Waals surface area contributed by atoms with Gasteiger partial charge in [-0.15, -0.1) is 0 Å². The first-order valence-corrected chi connectivity index (χ1v) is 7.63. The maximum atomic E-state index is 6.28. The van der Waals surface area contributed by atoms with Gasteiger partial charge in [0.1, 0.15) is 0 Å². The van der Waals surface area contributed by atoms with E-state index in [0.717, 1.165) is 30.3 Å². The van der Waals surface area contributed by atoms with Crippen LogP contribution in [0.15, 0.2) is 18.5 Å². The van der Waals surface area contributed by atoms with Gasteiger partial charge in [0.2, 0.25) is 0 Å². The van der Waals surface area contributed by atoms with Crippen molar-refractivity contribution in [2.75, 3.05) is 24.5 Å². The summed E-state index contributed by atoms with van der Waals surface area (Å²) in [5.74, 6) is 0.696. The molecule has 19 heavy (non-hydrogen) atoms. The number of nitrogens with zero attached hydrogens (tertiary/aromatic N) is 2. The summed E-state index contributed by atoms with van der Waals surface area (Å²) < 4.78 is 0. The van der Waals surface area contributed by atoms with Gasteiger partial charge < -0.3 is 10.2 Å². The summed E-state index contributed by atoms with van der Waals surface area (Å²) in [4.78, 5) is 6.52. The molecule has 1 fully saturated rings. The molecule has 1 aromatic heterocycles.